The van der Waals surface area contributed by atoms with Crippen LogP contribution in [0, 0.1) is 0 Å². The van der Waals surface area contributed by atoms with E-state index in [0.29, 0.717) is 17.7 Å². The number of rotatable bonds is 6. The van der Waals surface area contributed by atoms with Crippen LogP contribution in [0.3, 0.4) is 0 Å². The number of hydrogen-bond donors (Lipinski definition) is 0. The molecule has 0 spiro atoms. The second-order valence-corrected chi connectivity index (χ2v) is 4.86. The highest BCUT2D eigenvalue weighted by Gasteiger charge is 2.16. The number of hydrogen-bond acceptors (Lipinski definition) is 3. The van der Waals surface area contributed by atoms with Gasteiger partial charge in [-0.25, -0.2) is 4.79 Å². The van der Waals surface area contributed by atoms with Crippen LogP contribution in [0.2, 0.25) is 0 Å². The number of carbonyl (C=O) groups excluding carboxylic acids is 2. The van der Waals surface area contributed by atoms with E-state index in [1.54, 1.807) is 36.4 Å². The Bertz CT molecular complexity index is 611. The van der Waals surface area contributed by atoms with Crippen molar-refractivity contribution in [1.82, 2.24) is 4.90 Å². The highest BCUT2D eigenvalue weighted by molar-refractivity contribution is 5.94. The number of ether oxygens (including phenoxy) is 1. The van der Waals surface area contributed by atoms with Crippen LogP contribution in [0.4, 0.5) is 0 Å². The standard InChI is InChI=1S/C18H19NO3/c1-2-13-19(17(20)15-9-5-3-6-10-15)14-22-18(21)16-11-7-4-8-12-16/h3-12H,2,13-14H2,1H3. The molecule has 0 N–H and O–H groups in total. The summed E-state index contributed by atoms with van der Waals surface area (Å²) < 4.78 is 5.25. The Morgan fingerprint density at radius 2 is 1.45 bits per heavy atom. The number of nitrogens with zero attached hydrogens (tertiary/aromatic N) is 1. The van der Waals surface area contributed by atoms with E-state index < -0.39 is 5.97 Å². The molecule has 0 fully saturated rings. The van der Waals surface area contributed by atoms with Crippen LogP contribution in [-0.4, -0.2) is 30.1 Å². The van der Waals surface area contributed by atoms with Gasteiger partial charge < -0.3 is 9.64 Å². The Morgan fingerprint density at radius 3 is 2.00 bits per heavy atom. The molecule has 0 unspecified atom stereocenters. The van der Waals surface area contributed by atoms with Gasteiger partial charge in [-0.2, -0.15) is 0 Å². The maximum absolute atomic E-state index is 12.4. The van der Waals surface area contributed by atoms with Crippen LogP contribution in [0.1, 0.15) is 34.1 Å². The van der Waals surface area contributed by atoms with Crippen LogP contribution in [-0.2, 0) is 4.74 Å². The van der Waals surface area contributed by atoms with Gasteiger partial charge in [-0.3, -0.25) is 4.79 Å². The summed E-state index contributed by atoms with van der Waals surface area (Å²) >= 11 is 0. The number of amides is 1. The molecule has 4 nitrogen and oxygen atoms in total. The smallest absolute Gasteiger partial charge is 0.339 e. The summed E-state index contributed by atoms with van der Waals surface area (Å²) in [5.74, 6) is -0.564. The van der Waals surface area contributed by atoms with E-state index in [1.807, 2.05) is 31.2 Å². The molecule has 0 saturated carbocycles. The second kappa shape index (κ2) is 7.98. The van der Waals surface area contributed by atoms with Gasteiger partial charge in [0.05, 0.1) is 5.56 Å². The lowest BCUT2D eigenvalue weighted by atomic mass is 10.2. The third-order valence-electron chi connectivity index (χ3n) is 3.16. The summed E-state index contributed by atoms with van der Waals surface area (Å²) in [6.07, 6.45) is 0.793. The molecule has 2 aromatic carbocycles. The van der Waals surface area contributed by atoms with Crippen molar-refractivity contribution in [2.24, 2.45) is 0 Å². The number of carbonyl (C=O) groups is 2. The normalized spacial score (nSPS) is 10.0. The van der Waals surface area contributed by atoms with Crippen molar-refractivity contribution < 1.29 is 14.3 Å². The minimum absolute atomic E-state index is 0.0463. The average molecular weight is 297 g/mol. The highest BCUT2D eigenvalue weighted by atomic mass is 16.5. The zero-order valence-electron chi connectivity index (χ0n) is 12.6. The Hall–Kier alpha value is -2.62. The first kappa shape index (κ1) is 15.8. The van der Waals surface area contributed by atoms with E-state index in [0.717, 1.165) is 6.42 Å². The Labute approximate surface area is 130 Å². The molecule has 0 aromatic heterocycles. The minimum atomic E-state index is -0.428. The first-order valence-corrected chi connectivity index (χ1v) is 7.29. The first-order valence-electron chi connectivity index (χ1n) is 7.29. The summed E-state index contributed by atoms with van der Waals surface area (Å²) in [6, 6.07) is 17.7. The van der Waals surface area contributed by atoms with Crippen LogP contribution in [0.15, 0.2) is 60.7 Å². The van der Waals surface area contributed by atoms with Gasteiger partial charge >= 0.3 is 5.97 Å². The predicted octanol–water partition coefficient (Wildman–Crippen LogP) is 3.35. The topological polar surface area (TPSA) is 46.6 Å². The Morgan fingerprint density at radius 1 is 0.909 bits per heavy atom. The zero-order chi connectivity index (χ0) is 15.8. The van der Waals surface area contributed by atoms with Gasteiger partial charge in [-0.05, 0) is 30.7 Å². The fraction of sp³-hybridized carbons (Fsp3) is 0.222. The lowest BCUT2D eigenvalue weighted by Crippen LogP contribution is -2.34. The van der Waals surface area contributed by atoms with Crippen molar-refractivity contribution in [2.75, 3.05) is 13.3 Å². The van der Waals surface area contributed by atoms with Crippen molar-refractivity contribution in [3.05, 3.63) is 71.8 Å². The summed E-state index contributed by atoms with van der Waals surface area (Å²) in [4.78, 5) is 25.9. The van der Waals surface area contributed by atoms with E-state index in [1.165, 1.54) is 4.90 Å². The molecule has 0 aliphatic heterocycles. The number of esters is 1. The number of benzene rings is 2. The molecule has 0 saturated heterocycles. The van der Waals surface area contributed by atoms with E-state index >= 15 is 0 Å². The second-order valence-electron chi connectivity index (χ2n) is 4.86. The van der Waals surface area contributed by atoms with Crippen molar-refractivity contribution in [3.63, 3.8) is 0 Å². The van der Waals surface area contributed by atoms with Crippen LogP contribution >= 0.6 is 0 Å². The van der Waals surface area contributed by atoms with E-state index in [2.05, 4.69) is 0 Å². The van der Waals surface area contributed by atoms with Gasteiger partial charge in [0.15, 0.2) is 6.73 Å². The van der Waals surface area contributed by atoms with Crippen LogP contribution in [0.5, 0.6) is 0 Å². The molecule has 4 heteroatoms. The molecule has 0 heterocycles. The minimum Gasteiger partial charge on any atom is -0.441 e. The fourth-order valence-corrected chi connectivity index (χ4v) is 2.05. The van der Waals surface area contributed by atoms with Crippen LogP contribution in [0.25, 0.3) is 0 Å². The van der Waals surface area contributed by atoms with E-state index in [9.17, 15) is 9.59 Å². The summed E-state index contributed by atoms with van der Waals surface area (Å²) in [5.41, 5.74) is 1.07. The van der Waals surface area contributed by atoms with Crippen molar-refractivity contribution >= 4 is 11.9 Å². The molecule has 0 aliphatic rings. The molecule has 114 valence electrons. The van der Waals surface area contributed by atoms with Gasteiger partial charge in [0.25, 0.3) is 5.91 Å². The van der Waals surface area contributed by atoms with Gasteiger partial charge in [-0.15, -0.1) is 0 Å². The maximum Gasteiger partial charge on any atom is 0.339 e. The molecular weight excluding hydrogens is 278 g/mol. The molecule has 0 radical (unpaired) electrons. The van der Waals surface area contributed by atoms with Gasteiger partial charge in [0.1, 0.15) is 0 Å². The van der Waals surface area contributed by atoms with Crippen molar-refractivity contribution in [3.8, 4) is 0 Å². The largest absolute Gasteiger partial charge is 0.441 e. The molecule has 22 heavy (non-hydrogen) atoms. The summed E-state index contributed by atoms with van der Waals surface area (Å²) in [5, 5.41) is 0. The van der Waals surface area contributed by atoms with Gasteiger partial charge in [-0.1, -0.05) is 43.3 Å². The molecule has 0 atom stereocenters. The lowest BCUT2D eigenvalue weighted by Gasteiger charge is -2.21. The summed E-state index contributed by atoms with van der Waals surface area (Å²) in [6.45, 7) is 2.47. The SMILES string of the molecule is CCCN(COC(=O)c1ccccc1)C(=O)c1ccccc1. The van der Waals surface area contributed by atoms with E-state index in [-0.39, 0.29) is 12.6 Å². The first-order chi connectivity index (χ1) is 10.7. The van der Waals surface area contributed by atoms with Gasteiger partial charge in [0.2, 0.25) is 0 Å². The third-order valence-corrected chi connectivity index (χ3v) is 3.16. The Balaban J connectivity index is 2.00. The molecule has 2 aromatic rings. The molecule has 2 rings (SSSR count). The van der Waals surface area contributed by atoms with Crippen LogP contribution < -0.4 is 0 Å². The maximum atomic E-state index is 12.4. The van der Waals surface area contributed by atoms with Crippen molar-refractivity contribution in [1.29, 1.82) is 0 Å². The van der Waals surface area contributed by atoms with E-state index in [4.69, 9.17) is 4.74 Å². The van der Waals surface area contributed by atoms with Crippen molar-refractivity contribution in [2.45, 2.75) is 13.3 Å². The zero-order valence-corrected chi connectivity index (χ0v) is 12.6. The predicted molar refractivity (Wildman–Crippen MR) is 84.5 cm³/mol. The monoisotopic (exact) mass is 297 g/mol. The summed E-state index contributed by atoms with van der Waals surface area (Å²) in [7, 11) is 0. The highest BCUT2D eigenvalue weighted by Crippen LogP contribution is 2.07. The molecule has 1 amide bonds. The Kier molecular flexibility index (Phi) is 5.72. The van der Waals surface area contributed by atoms with Gasteiger partial charge in [0, 0.05) is 12.1 Å². The lowest BCUT2D eigenvalue weighted by molar-refractivity contribution is 0.0209. The molecule has 0 aliphatic carbocycles. The third kappa shape index (κ3) is 4.19. The molecule has 0 bridgehead atoms. The fourth-order valence-electron chi connectivity index (χ4n) is 2.05. The average Bonchev–Trinajstić information content (AvgIpc) is 2.59. The quantitative estimate of drug-likeness (QED) is 0.607. The molecular formula is C18H19NO3.